The first-order valence-electron chi connectivity index (χ1n) is 6.82. The lowest BCUT2D eigenvalue weighted by Crippen LogP contribution is -2.28. The average molecular weight is 318 g/mol. The molecule has 2 heterocycles. The molecule has 0 radical (unpaired) electrons. The lowest BCUT2D eigenvalue weighted by Gasteiger charge is -2.16. The Hall–Kier alpha value is -1.66. The molecule has 0 aliphatic carbocycles. The van der Waals surface area contributed by atoms with E-state index in [1.165, 1.54) is 11.8 Å². The van der Waals surface area contributed by atoms with E-state index in [-0.39, 0.29) is 11.8 Å². The minimum atomic E-state index is -0.277. The Morgan fingerprint density at radius 2 is 2.05 bits per heavy atom. The quantitative estimate of drug-likeness (QED) is 0.688. The largest absolute Gasteiger partial charge is 0.308 e. The predicted molar refractivity (Wildman–Crippen MR) is 89.0 cm³/mol. The number of unbranched alkanes of at least 4 members (excludes halogenated alkanes) is 1. The van der Waals surface area contributed by atoms with Crippen LogP contribution in [-0.4, -0.2) is 22.7 Å². The summed E-state index contributed by atoms with van der Waals surface area (Å²) >= 11 is 6.18. The van der Waals surface area contributed by atoms with E-state index in [4.69, 9.17) is 12.2 Å². The van der Waals surface area contributed by atoms with Gasteiger partial charge in [0.05, 0.1) is 16.2 Å². The summed E-state index contributed by atoms with van der Waals surface area (Å²) in [5.74, 6) is -0.382. The van der Waals surface area contributed by atoms with Crippen LogP contribution in [0.25, 0.3) is 5.57 Å². The number of hydrogen-bond donors (Lipinski definition) is 1. The summed E-state index contributed by atoms with van der Waals surface area (Å²) in [4.78, 5) is 26.9. The minimum absolute atomic E-state index is 0.105. The smallest absolute Gasteiger partial charge is 0.264 e. The van der Waals surface area contributed by atoms with E-state index in [9.17, 15) is 9.59 Å². The van der Waals surface area contributed by atoms with Gasteiger partial charge in [-0.15, -0.1) is 0 Å². The lowest BCUT2D eigenvalue weighted by atomic mass is 10.1. The highest BCUT2D eigenvalue weighted by Crippen LogP contribution is 2.42. The first kappa shape index (κ1) is 14.3. The number of fused-ring (bicyclic) bond motifs is 1. The number of thioether (sulfide) groups is 1. The summed E-state index contributed by atoms with van der Waals surface area (Å²) in [6, 6.07) is 7.60. The van der Waals surface area contributed by atoms with Gasteiger partial charge < -0.3 is 10.2 Å². The second-order valence-electron chi connectivity index (χ2n) is 4.88. The average Bonchev–Trinajstić information content (AvgIpc) is 2.93. The van der Waals surface area contributed by atoms with Gasteiger partial charge >= 0.3 is 0 Å². The Balaban J connectivity index is 2.11. The van der Waals surface area contributed by atoms with Gasteiger partial charge in [0.1, 0.15) is 4.32 Å². The number of anilines is 1. The fraction of sp³-hybridized carbons (Fsp3) is 0.267. The molecule has 2 aliphatic rings. The van der Waals surface area contributed by atoms with E-state index in [1.807, 2.05) is 24.3 Å². The molecule has 21 heavy (non-hydrogen) atoms. The van der Waals surface area contributed by atoms with E-state index in [0.29, 0.717) is 21.3 Å². The van der Waals surface area contributed by atoms with Crippen LogP contribution < -0.4 is 10.2 Å². The molecule has 0 spiro atoms. The molecule has 0 saturated carbocycles. The summed E-state index contributed by atoms with van der Waals surface area (Å²) in [7, 11) is 0. The second-order valence-corrected chi connectivity index (χ2v) is 6.56. The fourth-order valence-electron chi connectivity index (χ4n) is 2.52. The molecule has 1 saturated heterocycles. The predicted octanol–water partition coefficient (Wildman–Crippen LogP) is 2.69. The van der Waals surface area contributed by atoms with Gasteiger partial charge in [-0.05, 0) is 12.5 Å². The monoisotopic (exact) mass is 318 g/mol. The number of benzene rings is 1. The van der Waals surface area contributed by atoms with Gasteiger partial charge in [0, 0.05) is 12.1 Å². The van der Waals surface area contributed by atoms with Crippen molar-refractivity contribution in [3.63, 3.8) is 0 Å². The summed E-state index contributed by atoms with van der Waals surface area (Å²) < 4.78 is 0.403. The number of hydrogen-bond acceptors (Lipinski definition) is 4. The number of nitrogens with one attached hydrogen (secondary N) is 1. The normalized spacial score (nSPS) is 21.0. The van der Waals surface area contributed by atoms with E-state index in [1.54, 1.807) is 4.90 Å². The Bertz CT molecular complexity index is 682. The van der Waals surface area contributed by atoms with Crippen LogP contribution in [0, 0.1) is 0 Å². The molecule has 0 bridgehead atoms. The van der Waals surface area contributed by atoms with Gasteiger partial charge in [0.25, 0.3) is 11.8 Å². The van der Waals surface area contributed by atoms with Crippen molar-refractivity contribution < 1.29 is 9.59 Å². The molecule has 2 amide bonds. The van der Waals surface area contributed by atoms with Crippen LogP contribution in [-0.2, 0) is 9.59 Å². The minimum Gasteiger partial charge on any atom is -0.308 e. The van der Waals surface area contributed by atoms with Gasteiger partial charge in [0.15, 0.2) is 0 Å². The molecule has 6 heteroatoms. The molecule has 0 aromatic heterocycles. The first-order valence-corrected chi connectivity index (χ1v) is 8.04. The van der Waals surface area contributed by atoms with Crippen molar-refractivity contribution in [2.45, 2.75) is 19.8 Å². The van der Waals surface area contributed by atoms with Gasteiger partial charge in [-0.1, -0.05) is 55.5 Å². The topological polar surface area (TPSA) is 49.4 Å². The highest BCUT2D eigenvalue weighted by Gasteiger charge is 2.38. The molecule has 108 valence electrons. The lowest BCUT2D eigenvalue weighted by molar-refractivity contribution is -0.116. The van der Waals surface area contributed by atoms with Crippen molar-refractivity contribution in [2.24, 2.45) is 0 Å². The maximum absolute atomic E-state index is 12.7. The third kappa shape index (κ3) is 2.38. The van der Waals surface area contributed by atoms with E-state index in [2.05, 4.69) is 12.2 Å². The van der Waals surface area contributed by atoms with Crippen molar-refractivity contribution in [3.8, 4) is 0 Å². The molecule has 0 atom stereocenters. The summed E-state index contributed by atoms with van der Waals surface area (Å²) in [6.07, 6.45) is 1.94. The van der Waals surface area contributed by atoms with Crippen molar-refractivity contribution in [1.82, 2.24) is 5.32 Å². The Labute approximate surface area is 132 Å². The molecule has 3 rings (SSSR count). The van der Waals surface area contributed by atoms with Crippen molar-refractivity contribution in [3.05, 3.63) is 34.7 Å². The van der Waals surface area contributed by atoms with Crippen LogP contribution >= 0.6 is 24.0 Å². The number of amides is 2. The van der Waals surface area contributed by atoms with E-state index < -0.39 is 0 Å². The molecule has 4 nitrogen and oxygen atoms in total. The molecule has 1 N–H and O–H groups in total. The first-order chi connectivity index (χ1) is 10.1. The molecule has 1 fully saturated rings. The Kier molecular flexibility index (Phi) is 3.82. The van der Waals surface area contributed by atoms with Crippen LogP contribution in [0.3, 0.4) is 0 Å². The third-order valence-corrected chi connectivity index (χ3v) is 4.74. The number of nitrogens with zero attached hydrogens (tertiary/aromatic N) is 1. The standard InChI is InChI=1S/C15H14N2O2S2/c1-2-3-8-17-10-7-5-4-6-9(10)11(14(17)19)12-13(18)16-15(20)21-12/h4-7H,2-3,8H2,1H3,(H,16,18,20)/b12-11-. The maximum atomic E-state index is 12.7. The molecular weight excluding hydrogens is 304 g/mol. The van der Waals surface area contributed by atoms with Crippen molar-refractivity contribution in [1.29, 1.82) is 0 Å². The van der Waals surface area contributed by atoms with Crippen molar-refractivity contribution in [2.75, 3.05) is 11.4 Å². The zero-order chi connectivity index (χ0) is 15.0. The molecular formula is C15H14N2O2S2. The Morgan fingerprint density at radius 3 is 2.71 bits per heavy atom. The van der Waals surface area contributed by atoms with Crippen LogP contribution in [0.4, 0.5) is 5.69 Å². The number of carbonyl (C=O) groups is 2. The van der Waals surface area contributed by atoms with E-state index >= 15 is 0 Å². The van der Waals surface area contributed by atoms with Crippen LogP contribution in [0.2, 0.25) is 0 Å². The second kappa shape index (κ2) is 5.61. The molecule has 2 aliphatic heterocycles. The van der Waals surface area contributed by atoms with Gasteiger partial charge in [-0.2, -0.15) is 0 Å². The van der Waals surface area contributed by atoms with Gasteiger partial charge in [-0.3, -0.25) is 9.59 Å². The zero-order valence-electron chi connectivity index (χ0n) is 11.5. The van der Waals surface area contributed by atoms with Gasteiger partial charge in [-0.25, -0.2) is 0 Å². The Morgan fingerprint density at radius 1 is 1.29 bits per heavy atom. The molecule has 0 unspecified atom stereocenters. The highest BCUT2D eigenvalue weighted by molar-refractivity contribution is 8.27. The number of para-hydroxylation sites is 1. The molecule has 1 aromatic rings. The summed E-state index contributed by atoms with van der Waals surface area (Å²) in [6.45, 7) is 2.75. The highest BCUT2D eigenvalue weighted by atomic mass is 32.2. The maximum Gasteiger partial charge on any atom is 0.264 e. The number of carbonyl (C=O) groups excluding carboxylic acids is 2. The number of thiocarbonyl (C=S) groups is 1. The van der Waals surface area contributed by atoms with Crippen LogP contribution in [0.5, 0.6) is 0 Å². The zero-order valence-corrected chi connectivity index (χ0v) is 13.1. The number of rotatable bonds is 3. The molecule has 1 aromatic carbocycles. The van der Waals surface area contributed by atoms with Crippen molar-refractivity contribution >= 4 is 51.4 Å². The van der Waals surface area contributed by atoms with Crippen LogP contribution in [0.15, 0.2) is 29.2 Å². The fourth-order valence-corrected chi connectivity index (χ4v) is 3.63. The van der Waals surface area contributed by atoms with E-state index in [0.717, 1.165) is 24.1 Å². The SMILES string of the molecule is CCCCN1C(=O)/C(=C2\SC(=S)NC2=O)c2ccccc21. The van der Waals surface area contributed by atoms with Gasteiger partial charge in [0.2, 0.25) is 0 Å². The third-order valence-electron chi connectivity index (χ3n) is 3.50. The summed E-state index contributed by atoms with van der Waals surface area (Å²) in [5.41, 5.74) is 2.18. The van der Waals surface area contributed by atoms with Crippen LogP contribution in [0.1, 0.15) is 25.3 Å². The summed E-state index contributed by atoms with van der Waals surface area (Å²) in [5, 5.41) is 2.58.